The van der Waals surface area contributed by atoms with E-state index in [4.69, 9.17) is 13.9 Å². The predicted octanol–water partition coefficient (Wildman–Crippen LogP) is 3.34. The third kappa shape index (κ3) is 5.17. The van der Waals surface area contributed by atoms with Crippen molar-refractivity contribution < 1.29 is 23.5 Å². The van der Waals surface area contributed by atoms with E-state index in [1.54, 1.807) is 37.4 Å². The summed E-state index contributed by atoms with van der Waals surface area (Å²) in [5, 5.41) is 11.2. The van der Waals surface area contributed by atoms with Crippen LogP contribution in [0, 0.1) is 0 Å². The number of benzene rings is 2. The van der Waals surface area contributed by atoms with E-state index in [2.05, 4.69) is 15.6 Å². The minimum Gasteiger partial charge on any atom is -0.497 e. The van der Waals surface area contributed by atoms with E-state index in [0.717, 1.165) is 5.52 Å². The molecule has 4 aromatic rings. The molecule has 0 saturated heterocycles. The van der Waals surface area contributed by atoms with Crippen LogP contribution in [-0.2, 0) is 22.7 Å². The molecule has 10 nitrogen and oxygen atoms in total. The van der Waals surface area contributed by atoms with Crippen molar-refractivity contribution in [1.29, 1.82) is 0 Å². The van der Waals surface area contributed by atoms with Gasteiger partial charge in [-0.15, -0.1) is 5.10 Å². The van der Waals surface area contributed by atoms with E-state index in [9.17, 15) is 9.59 Å². The molecule has 0 spiro atoms. The number of hydrogen-bond donors (Lipinski definition) is 1. The number of ether oxygens (including phenoxy) is 2. The Morgan fingerprint density at radius 3 is 2.58 bits per heavy atom. The smallest absolute Gasteiger partial charge is 0.247 e. The topological polar surface area (TPSA) is 112 Å². The first-order valence-corrected chi connectivity index (χ1v) is 11.5. The quantitative estimate of drug-likeness (QED) is 0.362. The molecule has 0 aliphatic heterocycles. The number of carbonyl (C=O) groups is 2. The second-order valence-electron chi connectivity index (χ2n) is 8.44. The van der Waals surface area contributed by atoms with Gasteiger partial charge in [0, 0.05) is 17.7 Å². The SMILES string of the molecule is COc1ccc([C@@H](C(=O)NCc2ccco2)N(C(=O)Cn2nnc3ccccc32)C(C)C)c(OC)c1. The standard InChI is InChI=1S/C26H29N5O5/c1-17(2)31(24(32)16-30-22-10-6-5-9-21(22)28-29-30)25(26(33)27-15-19-8-7-13-36-19)20-12-11-18(34-3)14-23(20)35-4/h5-14,17,25H,15-16H2,1-4H3,(H,27,33)/t25-/m0/s1. The Morgan fingerprint density at radius 1 is 1.08 bits per heavy atom. The number of methoxy groups -OCH3 is 2. The molecule has 2 aromatic carbocycles. The van der Waals surface area contributed by atoms with Crippen LogP contribution in [-0.4, -0.2) is 52.0 Å². The van der Waals surface area contributed by atoms with Gasteiger partial charge < -0.3 is 24.1 Å². The molecule has 4 rings (SSSR count). The minimum absolute atomic E-state index is 0.0842. The molecule has 0 radical (unpaired) electrons. The van der Waals surface area contributed by atoms with E-state index < -0.39 is 6.04 Å². The van der Waals surface area contributed by atoms with Gasteiger partial charge in [0.05, 0.1) is 32.5 Å². The van der Waals surface area contributed by atoms with Crippen LogP contribution in [0.5, 0.6) is 11.5 Å². The molecule has 1 N–H and O–H groups in total. The molecule has 0 saturated carbocycles. The van der Waals surface area contributed by atoms with Gasteiger partial charge in [-0.1, -0.05) is 17.3 Å². The number of nitrogens with zero attached hydrogens (tertiary/aromatic N) is 4. The normalized spacial score (nSPS) is 11.9. The highest BCUT2D eigenvalue weighted by atomic mass is 16.5. The first kappa shape index (κ1) is 24.8. The fourth-order valence-corrected chi connectivity index (χ4v) is 4.12. The summed E-state index contributed by atoms with van der Waals surface area (Å²) in [6.45, 7) is 3.81. The summed E-state index contributed by atoms with van der Waals surface area (Å²) in [4.78, 5) is 28.9. The first-order chi connectivity index (χ1) is 17.4. The van der Waals surface area contributed by atoms with Gasteiger partial charge in [-0.05, 0) is 50.2 Å². The van der Waals surface area contributed by atoms with E-state index in [-0.39, 0.29) is 30.9 Å². The predicted molar refractivity (Wildman–Crippen MR) is 132 cm³/mol. The maximum atomic E-state index is 13.7. The Hall–Kier alpha value is -4.34. The highest BCUT2D eigenvalue weighted by Crippen LogP contribution is 2.34. The van der Waals surface area contributed by atoms with Crippen molar-refractivity contribution in [3.05, 3.63) is 72.2 Å². The minimum atomic E-state index is -0.983. The summed E-state index contributed by atoms with van der Waals surface area (Å²) in [7, 11) is 3.06. The summed E-state index contributed by atoms with van der Waals surface area (Å²) in [6, 6.07) is 14.8. The molecule has 0 aliphatic carbocycles. The van der Waals surface area contributed by atoms with Crippen molar-refractivity contribution in [1.82, 2.24) is 25.2 Å². The van der Waals surface area contributed by atoms with Crippen LogP contribution in [0.4, 0.5) is 0 Å². The van der Waals surface area contributed by atoms with Crippen molar-refractivity contribution in [3.63, 3.8) is 0 Å². The van der Waals surface area contributed by atoms with E-state index in [0.29, 0.717) is 28.3 Å². The van der Waals surface area contributed by atoms with Gasteiger partial charge in [0.2, 0.25) is 11.8 Å². The summed E-state index contributed by atoms with van der Waals surface area (Å²) in [6.07, 6.45) is 1.54. The number of hydrogen-bond acceptors (Lipinski definition) is 7. The van der Waals surface area contributed by atoms with Crippen molar-refractivity contribution in [2.75, 3.05) is 14.2 Å². The first-order valence-electron chi connectivity index (χ1n) is 11.5. The zero-order valence-electron chi connectivity index (χ0n) is 20.7. The van der Waals surface area contributed by atoms with Crippen LogP contribution < -0.4 is 14.8 Å². The lowest BCUT2D eigenvalue weighted by molar-refractivity contribution is -0.143. The van der Waals surface area contributed by atoms with Crippen LogP contribution in [0.1, 0.15) is 31.2 Å². The Balaban J connectivity index is 1.71. The number of furan rings is 1. The largest absolute Gasteiger partial charge is 0.497 e. The van der Waals surface area contributed by atoms with Crippen LogP contribution in [0.2, 0.25) is 0 Å². The lowest BCUT2D eigenvalue weighted by Gasteiger charge is -2.35. The molecule has 36 heavy (non-hydrogen) atoms. The summed E-state index contributed by atoms with van der Waals surface area (Å²) < 4.78 is 17.8. The molecule has 2 amide bonds. The second-order valence-corrected chi connectivity index (χ2v) is 8.44. The van der Waals surface area contributed by atoms with Gasteiger partial charge in [-0.25, -0.2) is 4.68 Å². The molecule has 0 bridgehead atoms. The Morgan fingerprint density at radius 2 is 1.89 bits per heavy atom. The van der Waals surface area contributed by atoms with E-state index in [1.165, 1.54) is 23.0 Å². The van der Waals surface area contributed by atoms with Crippen molar-refractivity contribution in [2.24, 2.45) is 0 Å². The number of nitrogens with one attached hydrogen (secondary N) is 1. The molecular formula is C26H29N5O5. The second kappa shape index (κ2) is 10.9. The maximum Gasteiger partial charge on any atom is 0.247 e. The van der Waals surface area contributed by atoms with Crippen LogP contribution in [0.15, 0.2) is 65.3 Å². The molecule has 0 unspecified atom stereocenters. The average molecular weight is 492 g/mol. The number of amides is 2. The molecular weight excluding hydrogens is 462 g/mol. The number of para-hydroxylation sites is 1. The van der Waals surface area contributed by atoms with Gasteiger partial charge in [-0.3, -0.25) is 9.59 Å². The Labute approximate surface area is 208 Å². The van der Waals surface area contributed by atoms with Crippen LogP contribution >= 0.6 is 0 Å². The van der Waals surface area contributed by atoms with E-state index >= 15 is 0 Å². The fraction of sp³-hybridized carbons (Fsp3) is 0.308. The van der Waals surface area contributed by atoms with Crippen molar-refractivity contribution in [2.45, 2.75) is 39.0 Å². The van der Waals surface area contributed by atoms with Crippen molar-refractivity contribution in [3.8, 4) is 11.5 Å². The highest BCUT2D eigenvalue weighted by molar-refractivity contribution is 5.90. The number of fused-ring (bicyclic) bond motifs is 1. The molecule has 188 valence electrons. The molecule has 2 heterocycles. The zero-order valence-corrected chi connectivity index (χ0v) is 20.7. The van der Waals surface area contributed by atoms with Gasteiger partial charge in [0.1, 0.15) is 35.4 Å². The molecule has 1 atom stereocenters. The average Bonchev–Trinajstić information content (AvgIpc) is 3.55. The third-order valence-electron chi connectivity index (χ3n) is 5.83. The van der Waals surface area contributed by atoms with Crippen molar-refractivity contribution >= 4 is 22.8 Å². The molecule has 0 aliphatic rings. The maximum absolute atomic E-state index is 13.7. The number of rotatable bonds is 10. The highest BCUT2D eigenvalue weighted by Gasteiger charge is 2.35. The summed E-state index contributed by atoms with van der Waals surface area (Å²) in [5.74, 6) is 0.927. The van der Waals surface area contributed by atoms with Gasteiger partial charge in [-0.2, -0.15) is 0 Å². The lowest BCUT2D eigenvalue weighted by Crippen LogP contribution is -2.48. The van der Waals surface area contributed by atoms with Crippen LogP contribution in [0.3, 0.4) is 0 Å². The molecule has 10 heteroatoms. The third-order valence-corrected chi connectivity index (χ3v) is 5.83. The number of aromatic nitrogens is 3. The van der Waals surface area contributed by atoms with E-state index in [1.807, 2.05) is 38.1 Å². The monoisotopic (exact) mass is 491 g/mol. The fourth-order valence-electron chi connectivity index (χ4n) is 4.12. The summed E-state index contributed by atoms with van der Waals surface area (Å²) >= 11 is 0. The molecule has 2 aromatic heterocycles. The van der Waals surface area contributed by atoms with Gasteiger partial charge in [0.15, 0.2) is 0 Å². The number of carbonyl (C=O) groups excluding carboxylic acids is 2. The Bertz CT molecular complexity index is 1330. The van der Waals surface area contributed by atoms with Gasteiger partial charge >= 0.3 is 0 Å². The summed E-state index contributed by atoms with van der Waals surface area (Å²) in [5.41, 5.74) is 1.95. The molecule has 0 fully saturated rings. The lowest BCUT2D eigenvalue weighted by atomic mass is 10.0. The van der Waals surface area contributed by atoms with Crippen LogP contribution in [0.25, 0.3) is 11.0 Å². The zero-order chi connectivity index (χ0) is 25.7. The Kier molecular flexibility index (Phi) is 7.53. The van der Waals surface area contributed by atoms with Gasteiger partial charge in [0.25, 0.3) is 0 Å².